The molecule has 0 spiro atoms. The van der Waals surface area contributed by atoms with E-state index in [1.807, 2.05) is 0 Å². The van der Waals surface area contributed by atoms with E-state index in [4.69, 9.17) is 4.42 Å². The van der Waals surface area contributed by atoms with Crippen LogP contribution in [-0.2, 0) is 11.0 Å². The van der Waals surface area contributed by atoms with Crippen LogP contribution in [0.2, 0.25) is 0 Å². The van der Waals surface area contributed by atoms with E-state index in [1.54, 1.807) is 19.1 Å². The fraction of sp³-hybridized carbons (Fsp3) is 0.150. The lowest BCUT2D eigenvalue weighted by Crippen LogP contribution is -2.06. The Kier molecular flexibility index (Phi) is 5.04. The average molecular weight is 388 g/mol. The Balaban J connectivity index is 2.08. The van der Waals surface area contributed by atoms with Crippen LogP contribution in [0.4, 0.5) is 13.2 Å². The molecule has 3 aromatic rings. The van der Waals surface area contributed by atoms with E-state index >= 15 is 0 Å². The lowest BCUT2D eigenvalue weighted by Gasteiger charge is -2.09. The van der Waals surface area contributed by atoms with Crippen molar-refractivity contribution in [2.45, 2.75) is 20.0 Å². The van der Waals surface area contributed by atoms with Crippen LogP contribution < -0.4 is 0 Å². The van der Waals surface area contributed by atoms with Crippen LogP contribution in [0.1, 0.15) is 28.7 Å². The molecule has 0 bridgehead atoms. The molecule has 0 radical (unpaired) electrons. The van der Waals surface area contributed by atoms with Gasteiger partial charge in [-0.05, 0) is 68.5 Å². The summed E-state index contributed by atoms with van der Waals surface area (Å²) in [5, 5.41) is 4.20. The number of aryl methyl sites for hydroxylation is 1. The first-order chi connectivity index (χ1) is 13.1. The Morgan fingerprint density at radius 3 is 2.29 bits per heavy atom. The summed E-state index contributed by atoms with van der Waals surface area (Å²) >= 11 is 0. The standard InChI is InChI=1S/C20H15F3N2O3/c1-12(26)3-9-18(27)16-11-17(19-10-4-13(2)28-19)25(24-16)15-7-5-14(6-8-15)20(21,22)23/h3-11H,1-2H3/b9-3-. The van der Waals surface area contributed by atoms with Gasteiger partial charge in [0.05, 0.1) is 11.3 Å². The predicted molar refractivity (Wildman–Crippen MR) is 95.2 cm³/mol. The number of aromatic nitrogens is 2. The third-order valence-electron chi connectivity index (χ3n) is 3.86. The van der Waals surface area contributed by atoms with Gasteiger partial charge in [-0.25, -0.2) is 4.68 Å². The fourth-order valence-electron chi connectivity index (χ4n) is 2.52. The van der Waals surface area contributed by atoms with Crippen molar-refractivity contribution in [1.29, 1.82) is 0 Å². The maximum atomic E-state index is 12.8. The molecule has 0 N–H and O–H groups in total. The SMILES string of the molecule is CC(=O)/C=C\C(=O)c1cc(-c2ccc(C)o2)n(-c2ccc(C(F)(F)F)cc2)n1. The van der Waals surface area contributed by atoms with Crippen LogP contribution >= 0.6 is 0 Å². The maximum Gasteiger partial charge on any atom is 0.416 e. The number of hydrogen-bond acceptors (Lipinski definition) is 4. The highest BCUT2D eigenvalue weighted by atomic mass is 19.4. The topological polar surface area (TPSA) is 65.1 Å². The molecule has 0 saturated heterocycles. The highest BCUT2D eigenvalue weighted by Crippen LogP contribution is 2.31. The molecule has 0 aliphatic rings. The van der Waals surface area contributed by atoms with Gasteiger partial charge in [0.15, 0.2) is 11.5 Å². The number of halogens is 3. The van der Waals surface area contributed by atoms with Crippen LogP contribution in [0.3, 0.4) is 0 Å². The quantitative estimate of drug-likeness (QED) is 0.466. The minimum atomic E-state index is -4.46. The van der Waals surface area contributed by atoms with Crippen LogP contribution in [0.5, 0.6) is 0 Å². The second-order valence-corrected chi connectivity index (χ2v) is 6.09. The minimum Gasteiger partial charge on any atom is -0.460 e. The first-order valence-electron chi connectivity index (χ1n) is 8.22. The summed E-state index contributed by atoms with van der Waals surface area (Å²) in [5.74, 6) is 0.224. The predicted octanol–water partition coefficient (Wildman–Crippen LogP) is 4.79. The van der Waals surface area contributed by atoms with E-state index in [0.717, 1.165) is 24.3 Å². The second-order valence-electron chi connectivity index (χ2n) is 6.09. The zero-order chi connectivity index (χ0) is 20.5. The molecule has 0 unspecified atom stereocenters. The van der Waals surface area contributed by atoms with Crippen molar-refractivity contribution >= 4 is 11.6 Å². The largest absolute Gasteiger partial charge is 0.460 e. The number of hydrogen-bond donors (Lipinski definition) is 0. The van der Waals surface area contributed by atoms with Gasteiger partial charge in [0, 0.05) is 0 Å². The van der Waals surface area contributed by atoms with E-state index in [2.05, 4.69) is 5.10 Å². The Morgan fingerprint density at radius 2 is 1.75 bits per heavy atom. The number of carbonyl (C=O) groups is 2. The van der Waals surface area contributed by atoms with Gasteiger partial charge >= 0.3 is 6.18 Å². The van der Waals surface area contributed by atoms with E-state index in [-0.39, 0.29) is 11.5 Å². The molecule has 8 heteroatoms. The van der Waals surface area contributed by atoms with Gasteiger partial charge in [-0.2, -0.15) is 18.3 Å². The number of rotatable bonds is 5. The summed E-state index contributed by atoms with van der Waals surface area (Å²) < 4.78 is 45.3. The fourth-order valence-corrected chi connectivity index (χ4v) is 2.52. The first kappa shape index (κ1) is 19.3. The highest BCUT2D eigenvalue weighted by molar-refractivity contribution is 6.06. The molecule has 0 saturated carbocycles. The summed E-state index contributed by atoms with van der Waals surface area (Å²) in [4.78, 5) is 23.3. The smallest absolute Gasteiger partial charge is 0.416 e. The van der Waals surface area contributed by atoms with Gasteiger partial charge in [-0.1, -0.05) is 0 Å². The monoisotopic (exact) mass is 388 g/mol. The molecule has 0 atom stereocenters. The van der Waals surface area contributed by atoms with Crippen molar-refractivity contribution in [2.75, 3.05) is 0 Å². The third kappa shape index (κ3) is 4.11. The van der Waals surface area contributed by atoms with E-state index < -0.39 is 17.5 Å². The van der Waals surface area contributed by atoms with Crippen molar-refractivity contribution < 1.29 is 27.2 Å². The van der Waals surface area contributed by atoms with Crippen LogP contribution in [0.25, 0.3) is 17.1 Å². The number of benzene rings is 1. The minimum absolute atomic E-state index is 0.0291. The summed E-state index contributed by atoms with van der Waals surface area (Å²) in [6, 6.07) is 9.24. The molecule has 2 aromatic heterocycles. The first-order valence-corrected chi connectivity index (χ1v) is 8.22. The van der Waals surface area contributed by atoms with Crippen LogP contribution in [0, 0.1) is 6.92 Å². The summed E-state index contributed by atoms with van der Waals surface area (Å²) in [7, 11) is 0. The average Bonchev–Trinajstić information content (AvgIpc) is 3.25. The van der Waals surface area contributed by atoms with Crippen molar-refractivity contribution in [1.82, 2.24) is 9.78 Å². The normalized spacial score (nSPS) is 11.9. The molecule has 144 valence electrons. The number of alkyl halides is 3. The molecule has 5 nitrogen and oxygen atoms in total. The van der Waals surface area contributed by atoms with Gasteiger partial charge < -0.3 is 4.42 Å². The number of furan rings is 1. The van der Waals surface area contributed by atoms with E-state index in [0.29, 0.717) is 22.9 Å². The van der Waals surface area contributed by atoms with Crippen molar-refractivity contribution in [2.24, 2.45) is 0 Å². The zero-order valence-electron chi connectivity index (χ0n) is 14.9. The Hall–Kier alpha value is -3.42. The Morgan fingerprint density at radius 1 is 1.07 bits per heavy atom. The van der Waals surface area contributed by atoms with Crippen LogP contribution in [0.15, 0.2) is 59.0 Å². The van der Waals surface area contributed by atoms with Gasteiger partial charge in [0.1, 0.15) is 17.1 Å². The molecule has 1 aromatic carbocycles. The zero-order valence-corrected chi connectivity index (χ0v) is 14.9. The molecule has 0 amide bonds. The third-order valence-corrected chi connectivity index (χ3v) is 3.86. The molecule has 3 rings (SSSR count). The van der Waals surface area contributed by atoms with Crippen molar-refractivity contribution in [3.05, 3.63) is 71.6 Å². The van der Waals surface area contributed by atoms with Gasteiger partial charge in [0.2, 0.25) is 5.78 Å². The number of carbonyl (C=O) groups excluding carboxylic acids is 2. The van der Waals surface area contributed by atoms with E-state index in [1.165, 1.54) is 29.8 Å². The number of ketones is 2. The highest BCUT2D eigenvalue weighted by Gasteiger charge is 2.30. The number of allylic oxidation sites excluding steroid dienone is 2. The van der Waals surface area contributed by atoms with E-state index in [9.17, 15) is 22.8 Å². The van der Waals surface area contributed by atoms with Gasteiger partial charge in [-0.15, -0.1) is 0 Å². The Bertz CT molecular complexity index is 1060. The Labute approximate surface area is 158 Å². The molecular formula is C20H15F3N2O3. The molecule has 0 aliphatic heterocycles. The molecule has 28 heavy (non-hydrogen) atoms. The van der Waals surface area contributed by atoms with Crippen molar-refractivity contribution in [3.63, 3.8) is 0 Å². The second kappa shape index (κ2) is 7.30. The lowest BCUT2D eigenvalue weighted by molar-refractivity contribution is -0.137. The summed E-state index contributed by atoms with van der Waals surface area (Å²) in [5.41, 5.74) is -0.0416. The molecular weight excluding hydrogens is 373 g/mol. The van der Waals surface area contributed by atoms with Crippen molar-refractivity contribution in [3.8, 4) is 17.1 Å². The molecule has 0 aliphatic carbocycles. The van der Waals surface area contributed by atoms with Gasteiger partial charge in [0.25, 0.3) is 0 Å². The van der Waals surface area contributed by atoms with Gasteiger partial charge in [-0.3, -0.25) is 9.59 Å². The molecule has 2 heterocycles. The van der Waals surface area contributed by atoms with Crippen LogP contribution in [-0.4, -0.2) is 21.3 Å². The molecule has 0 fully saturated rings. The summed E-state index contributed by atoms with van der Waals surface area (Å²) in [6.07, 6.45) is -2.24. The maximum absolute atomic E-state index is 12.8. The number of nitrogens with zero attached hydrogens (tertiary/aromatic N) is 2. The lowest BCUT2D eigenvalue weighted by atomic mass is 10.2. The summed E-state index contributed by atoms with van der Waals surface area (Å²) in [6.45, 7) is 3.05.